The van der Waals surface area contributed by atoms with E-state index in [1.165, 1.54) is 0 Å². The van der Waals surface area contributed by atoms with Gasteiger partial charge in [-0.2, -0.15) is 0 Å². The zero-order valence-corrected chi connectivity index (χ0v) is 16.0. The Hall–Kier alpha value is -3.54. The molecule has 6 nitrogen and oxygen atoms in total. The predicted octanol–water partition coefficient (Wildman–Crippen LogP) is 4.08. The van der Waals surface area contributed by atoms with Crippen LogP contribution in [0.5, 0.6) is 0 Å². The van der Waals surface area contributed by atoms with Crippen LogP contribution in [0.1, 0.15) is 35.2 Å². The lowest BCUT2D eigenvalue weighted by Gasteiger charge is -2.19. The monoisotopic (exact) mass is 390 g/mol. The second-order valence-electron chi connectivity index (χ2n) is 7.16. The number of benzene rings is 2. The number of aryl methyl sites for hydroxylation is 1. The van der Waals surface area contributed by atoms with Crippen molar-refractivity contribution in [1.29, 1.82) is 0 Å². The summed E-state index contributed by atoms with van der Waals surface area (Å²) in [6.45, 7) is 0.187. The lowest BCUT2D eigenvalue weighted by molar-refractivity contribution is -0.137. The molecule has 1 aliphatic rings. The maximum Gasteiger partial charge on any atom is 0.407 e. The van der Waals surface area contributed by atoms with Crippen molar-refractivity contribution in [2.45, 2.75) is 18.4 Å². The Bertz CT molecular complexity index is 1010. The Morgan fingerprint density at radius 3 is 2.21 bits per heavy atom. The van der Waals surface area contributed by atoms with Gasteiger partial charge >= 0.3 is 12.1 Å². The summed E-state index contributed by atoms with van der Waals surface area (Å²) in [7, 11) is 1.81. The van der Waals surface area contributed by atoms with Crippen LogP contribution in [-0.2, 0) is 16.6 Å². The molecule has 6 heteroatoms. The molecule has 0 saturated carbocycles. The van der Waals surface area contributed by atoms with E-state index in [1.54, 1.807) is 10.6 Å². The van der Waals surface area contributed by atoms with Crippen molar-refractivity contribution < 1.29 is 19.4 Å². The van der Waals surface area contributed by atoms with E-state index in [9.17, 15) is 14.7 Å². The number of carboxylic acids is 1. The Morgan fingerprint density at radius 1 is 1.03 bits per heavy atom. The zero-order valence-electron chi connectivity index (χ0n) is 16.0. The number of carbonyl (C=O) groups excluding carboxylic acids is 1. The topological polar surface area (TPSA) is 80.6 Å². The number of carbonyl (C=O) groups is 2. The number of aliphatic carboxylic acids is 1. The molecule has 1 aromatic heterocycles. The fraction of sp³-hybridized carbons (Fsp3) is 0.217. The van der Waals surface area contributed by atoms with Gasteiger partial charge in [-0.1, -0.05) is 48.5 Å². The summed E-state index contributed by atoms with van der Waals surface area (Å²) in [5.74, 6) is -1.03. The minimum absolute atomic E-state index is 0.0406. The fourth-order valence-electron chi connectivity index (χ4n) is 4.02. The van der Waals surface area contributed by atoms with Crippen LogP contribution in [0.4, 0.5) is 4.79 Å². The molecule has 1 heterocycles. The van der Waals surface area contributed by atoms with Crippen molar-refractivity contribution >= 4 is 12.1 Å². The van der Waals surface area contributed by atoms with Crippen LogP contribution in [0.25, 0.3) is 11.1 Å². The highest BCUT2D eigenvalue weighted by atomic mass is 16.5. The molecule has 1 atom stereocenters. The molecule has 1 amide bonds. The van der Waals surface area contributed by atoms with Crippen LogP contribution in [0.2, 0.25) is 0 Å². The third-order valence-electron chi connectivity index (χ3n) is 5.36. The third kappa shape index (κ3) is 3.74. The smallest absolute Gasteiger partial charge is 0.407 e. The van der Waals surface area contributed by atoms with Crippen LogP contribution in [0.3, 0.4) is 0 Å². The second-order valence-corrected chi connectivity index (χ2v) is 7.16. The Balaban J connectivity index is 1.48. The number of hydrogen-bond acceptors (Lipinski definition) is 3. The van der Waals surface area contributed by atoms with Gasteiger partial charge in [-0.3, -0.25) is 4.79 Å². The molecule has 0 fully saturated rings. The molecule has 0 spiro atoms. The number of aromatic nitrogens is 1. The number of amides is 1. The van der Waals surface area contributed by atoms with Crippen LogP contribution in [-0.4, -0.2) is 28.3 Å². The minimum Gasteiger partial charge on any atom is -0.481 e. The summed E-state index contributed by atoms with van der Waals surface area (Å²) in [5.41, 5.74) is 5.28. The summed E-state index contributed by atoms with van der Waals surface area (Å²) in [6, 6.07) is 19.2. The van der Waals surface area contributed by atoms with Crippen molar-refractivity contribution in [3.8, 4) is 11.1 Å². The normalized spacial score (nSPS) is 13.4. The standard InChI is InChI=1S/C23H22N2O4/c1-25-12-6-11-21(25)20(13-22(26)27)24-23(28)29-14-19-17-9-4-2-7-15(17)16-8-3-5-10-18(16)19/h2-12,19-20H,13-14H2,1H3,(H,24,28)(H,26,27). The number of nitrogens with one attached hydrogen (secondary N) is 1. The zero-order chi connectivity index (χ0) is 20.4. The summed E-state index contributed by atoms with van der Waals surface area (Å²) in [5, 5.41) is 11.9. The highest BCUT2D eigenvalue weighted by Crippen LogP contribution is 2.44. The molecule has 0 saturated heterocycles. The van der Waals surface area contributed by atoms with Crippen molar-refractivity contribution in [1.82, 2.24) is 9.88 Å². The van der Waals surface area contributed by atoms with Crippen molar-refractivity contribution in [2.24, 2.45) is 7.05 Å². The van der Waals surface area contributed by atoms with Gasteiger partial charge in [0.1, 0.15) is 6.61 Å². The highest BCUT2D eigenvalue weighted by Gasteiger charge is 2.29. The van der Waals surface area contributed by atoms with Gasteiger partial charge in [0, 0.05) is 24.9 Å². The molecule has 3 aromatic rings. The first-order valence-electron chi connectivity index (χ1n) is 9.49. The molecule has 29 heavy (non-hydrogen) atoms. The fourth-order valence-corrected chi connectivity index (χ4v) is 4.02. The molecule has 0 radical (unpaired) electrons. The molecule has 1 unspecified atom stereocenters. The van der Waals surface area contributed by atoms with Gasteiger partial charge in [0.2, 0.25) is 0 Å². The van der Waals surface area contributed by atoms with Crippen LogP contribution >= 0.6 is 0 Å². The number of hydrogen-bond donors (Lipinski definition) is 2. The molecule has 2 N–H and O–H groups in total. The van der Waals surface area contributed by atoms with Crippen LogP contribution < -0.4 is 5.32 Å². The number of nitrogens with zero attached hydrogens (tertiary/aromatic N) is 1. The number of carboxylic acid groups (broad SMARTS) is 1. The van der Waals surface area contributed by atoms with E-state index >= 15 is 0 Å². The van der Waals surface area contributed by atoms with E-state index in [1.807, 2.05) is 43.6 Å². The Kier molecular flexibility index (Phi) is 5.08. The largest absolute Gasteiger partial charge is 0.481 e. The third-order valence-corrected chi connectivity index (χ3v) is 5.36. The first kappa shape index (κ1) is 18.8. The average Bonchev–Trinajstić information content (AvgIpc) is 3.27. The number of rotatable bonds is 6. The lowest BCUT2D eigenvalue weighted by Crippen LogP contribution is -2.32. The van der Waals surface area contributed by atoms with E-state index in [4.69, 9.17) is 4.74 Å². The van der Waals surface area contributed by atoms with Gasteiger partial charge in [0.25, 0.3) is 0 Å². The van der Waals surface area contributed by atoms with E-state index in [0.29, 0.717) is 5.69 Å². The lowest BCUT2D eigenvalue weighted by atomic mass is 9.98. The molecule has 0 bridgehead atoms. The van der Waals surface area contributed by atoms with Crippen molar-refractivity contribution in [3.63, 3.8) is 0 Å². The molecule has 2 aromatic carbocycles. The molecule has 1 aliphatic carbocycles. The first-order chi connectivity index (χ1) is 14.0. The maximum atomic E-state index is 12.5. The summed E-state index contributed by atoms with van der Waals surface area (Å²) < 4.78 is 7.33. The molecular weight excluding hydrogens is 368 g/mol. The number of ether oxygens (including phenoxy) is 1. The Morgan fingerprint density at radius 2 is 1.66 bits per heavy atom. The maximum absolute atomic E-state index is 12.5. The summed E-state index contributed by atoms with van der Waals surface area (Å²) in [6.07, 6.45) is 0.963. The van der Waals surface area contributed by atoms with Gasteiger partial charge in [0.05, 0.1) is 12.5 Å². The van der Waals surface area contributed by atoms with E-state index in [-0.39, 0.29) is 18.9 Å². The van der Waals surface area contributed by atoms with E-state index in [2.05, 4.69) is 29.6 Å². The number of alkyl carbamates (subject to hydrolysis) is 1. The summed E-state index contributed by atoms with van der Waals surface area (Å²) in [4.78, 5) is 23.7. The molecule has 148 valence electrons. The predicted molar refractivity (Wildman–Crippen MR) is 109 cm³/mol. The van der Waals surface area contributed by atoms with E-state index < -0.39 is 18.1 Å². The van der Waals surface area contributed by atoms with Crippen molar-refractivity contribution in [3.05, 3.63) is 83.7 Å². The van der Waals surface area contributed by atoms with Gasteiger partial charge in [-0.05, 0) is 34.4 Å². The van der Waals surface area contributed by atoms with E-state index in [0.717, 1.165) is 22.3 Å². The average molecular weight is 390 g/mol. The number of fused-ring (bicyclic) bond motifs is 3. The summed E-state index contributed by atoms with van der Waals surface area (Å²) >= 11 is 0. The van der Waals surface area contributed by atoms with Gasteiger partial charge < -0.3 is 19.7 Å². The van der Waals surface area contributed by atoms with Gasteiger partial charge in [-0.25, -0.2) is 4.79 Å². The van der Waals surface area contributed by atoms with Crippen LogP contribution in [0, 0.1) is 0 Å². The van der Waals surface area contributed by atoms with Gasteiger partial charge in [0.15, 0.2) is 0 Å². The SMILES string of the molecule is Cn1cccc1C(CC(=O)O)NC(=O)OCC1c2ccccc2-c2ccccc21. The molecule has 0 aliphatic heterocycles. The van der Waals surface area contributed by atoms with Crippen molar-refractivity contribution in [2.75, 3.05) is 6.61 Å². The first-order valence-corrected chi connectivity index (χ1v) is 9.49. The minimum atomic E-state index is -0.991. The van der Waals surface area contributed by atoms with Crippen LogP contribution in [0.15, 0.2) is 66.9 Å². The molecule has 4 rings (SSSR count). The van der Waals surface area contributed by atoms with Gasteiger partial charge in [-0.15, -0.1) is 0 Å². The Labute approximate surface area is 168 Å². The molecular formula is C23H22N2O4. The highest BCUT2D eigenvalue weighted by molar-refractivity contribution is 5.79. The second kappa shape index (κ2) is 7.83. The quantitative estimate of drug-likeness (QED) is 0.665.